The van der Waals surface area contributed by atoms with Crippen LogP contribution in [-0.2, 0) is 23.6 Å². The highest BCUT2D eigenvalue weighted by Crippen LogP contribution is 2.21. The smallest absolute Gasteiger partial charge is 0.408 e. The first kappa shape index (κ1) is 15.4. The Kier molecular flexibility index (Phi) is 3.78. The van der Waals surface area contributed by atoms with E-state index in [1.165, 1.54) is 28.1 Å². The lowest BCUT2D eigenvalue weighted by Gasteiger charge is -2.17. The number of rotatable bonds is 4. The Morgan fingerprint density at radius 2 is 1.91 bits per heavy atom. The lowest BCUT2D eigenvalue weighted by atomic mass is 10.3. The molecule has 3 aromatic rings. The number of aromatic nitrogens is 2. The largest absolute Gasteiger partial charge is 0.419 e. The van der Waals surface area contributed by atoms with Crippen molar-refractivity contribution < 1.29 is 12.8 Å². The average molecular weight is 333 g/mol. The molecule has 0 unspecified atom stereocenters. The summed E-state index contributed by atoms with van der Waals surface area (Å²) in [7, 11) is -0.622. The minimum atomic E-state index is -3.69. The van der Waals surface area contributed by atoms with Crippen LogP contribution in [0.3, 0.4) is 0 Å². The predicted octanol–water partition coefficient (Wildman–Crippen LogP) is 1.35. The van der Waals surface area contributed by atoms with Gasteiger partial charge in [0.1, 0.15) is 0 Å². The quantitative estimate of drug-likeness (QED) is 0.719. The van der Waals surface area contributed by atoms with Gasteiger partial charge in [-0.05, 0) is 29.8 Å². The van der Waals surface area contributed by atoms with E-state index in [0.717, 1.165) is 5.56 Å². The molecule has 0 aliphatic rings. The van der Waals surface area contributed by atoms with Crippen LogP contribution in [0, 0.1) is 0 Å². The molecule has 23 heavy (non-hydrogen) atoms. The van der Waals surface area contributed by atoms with Gasteiger partial charge >= 0.3 is 5.76 Å². The Hall–Kier alpha value is -2.45. The maximum absolute atomic E-state index is 12.7. The molecule has 0 bridgehead atoms. The van der Waals surface area contributed by atoms with E-state index in [1.807, 2.05) is 0 Å². The lowest BCUT2D eigenvalue weighted by molar-refractivity contribution is 0.466. The van der Waals surface area contributed by atoms with E-state index in [0.29, 0.717) is 5.52 Å². The Balaban J connectivity index is 1.97. The molecular formula is C15H15N3O4S. The van der Waals surface area contributed by atoms with Crippen molar-refractivity contribution in [2.24, 2.45) is 7.05 Å². The van der Waals surface area contributed by atoms with Crippen LogP contribution >= 0.6 is 0 Å². The second kappa shape index (κ2) is 5.64. The fraction of sp³-hybridized carbons (Fsp3) is 0.200. The molecule has 0 saturated carbocycles. The zero-order valence-electron chi connectivity index (χ0n) is 12.6. The summed E-state index contributed by atoms with van der Waals surface area (Å²) in [6, 6.07) is 7.91. The molecule has 0 fully saturated rings. The standard InChI is InChI=1S/C15H15N3O4S/c1-17(10-11-5-7-16-8-6-11)23(20,21)12-3-4-13-14(9-12)22-15(19)18(13)2/h3-9H,10H2,1-2H3. The van der Waals surface area contributed by atoms with E-state index in [4.69, 9.17) is 4.42 Å². The minimum absolute atomic E-state index is 0.0795. The molecule has 1 aromatic carbocycles. The summed E-state index contributed by atoms with van der Waals surface area (Å²) in [6.45, 7) is 0.224. The van der Waals surface area contributed by atoms with Crippen molar-refractivity contribution in [1.29, 1.82) is 0 Å². The highest BCUT2D eigenvalue weighted by Gasteiger charge is 2.22. The van der Waals surface area contributed by atoms with Crippen LogP contribution in [0.15, 0.2) is 56.8 Å². The Bertz CT molecular complexity index is 1010. The lowest BCUT2D eigenvalue weighted by Crippen LogP contribution is -2.26. The van der Waals surface area contributed by atoms with Crippen molar-refractivity contribution in [2.45, 2.75) is 11.4 Å². The van der Waals surface area contributed by atoms with Gasteiger partial charge in [0.25, 0.3) is 0 Å². The van der Waals surface area contributed by atoms with Gasteiger partial charge in [-0.3, -0.25) is 9.55 Å². The Morgan fingerprint density at radius 1 is 1.22 bits per heavy atom. The predicted molar refractivity (Wildman–Crippen MR) is 84.3 cm³/mol. The molecule has 0 aliphatic heterocycles. The van der Waals surface area contributed by atoms with Gasteiger partial charge in [-0.1, -0.05) is 0 Å². The normalized spacial score (nSPS) is 12.1. The zero-order chi connectivity index (χ0) is 16.6. The second-order valence-corrected chi connectivity index (χ2v) is 7.22. The van der Waals surface area contributed by atoms with Crippen molar-refractivity contribution in [3.63, 3.8) is 0 Å². The first-order valence-corrected chi connectivity index (χ1v) is 8.28. The summed E-state index contributed by atoms with van der Waals surface area (Å²) < 4.78 is 32.9. The van der Waals surface area contributed by atoms with Crippen molar-refractivity contribution >= 4 is 21.1 Å². The fourth-order valence-corrected chi connectivity index (χ4v) is 3.46. The second-order valence-electron chi connectivity index (χ2n) is 5.17. The Labute approximate surface area is 132 Å². The molecule has 0 radical (unpaired) electrons. The first-order chi connectivity index (χ1) is 10.9. The number of hydrogen-bond acceptors (Lipinski definition) is 5. The minimum Gasteiger partial charge on any atom is -0.408 e. The average Bonchev–Trinajstić information content (AvgIpc) is 2.82. The van der Waals surface area contributed by atoms with Crippen LogP contribution < -0.4 is 5.76 Å². The van der Waals surface area contributed by atoms with Gasteiger partial charge < -0.3 is 4.42 Å². The van der Waals surface area contributed by atoms with Gasteiger partial charge in [-0.15, -0.1) is 0 Å². The molecule has 0 spiro atoms. The molecule has 0 amide bonds. The van der Waals surface area contributed by atoms with Gasteiger partial charge in [0.2, 0.25) is 10.0 Å². The summed E-state index contributed by atoms with van der Waals surface area (Å²) in [4.78, 5) is 15.5. The van der Waals surface area contributed by atoms with E-state index in [2.05, 4.69) is 4.98 Å². The molecule has 2 heterocycles. The third-order valence-corrected chi connectivity index (χ3v) is 5.43. The molecule has 7 nitrogen and oxygen atoms in total. The maximum Gasteiger partial charge on any atom is 0.419 e. The monoisotopic (exact) mass is 333 g/mol. The van der Waals surface area contributed by atoms with Crippen LogP contribution in [0.4, 0.5) is 0 Å². The molecule has 0 saturated heterocycles. The molecule has 2 aromatic heterocycles. The number of benzene rings is 1. The molecule has 3 rings (SSSR count). The molecule has 0 aliphatic carbocycles. The summed E-state index contributed by atoms with van der Waals surface area (Å²) in [6.07, 6.45) is 3.22. The van der Waals surface area contributed by atoms with Crippen molar-refractivity contribution in [3.05, 3.63) is 58.8 Å². The van der Waals surface area contributed by atoms with Gasteiger partial charge in [0.15, 0.2) is 5.58 Å². The van der Waals surface area contributed by atoms with Gasteiger partial charge in [-0.2, -0.15) is 4.31 Å². The van der Waals surface area contributed by atoms with Gasteiger partial charge in [-0.25, -0.2) is 13.2 Å². The third kappa shape index (κ3) is 2.78. The van der Waals surface area contributed by atoms with Crippen LogP contribution in [0.1, 0.15) is 5.56 Å². The van der Waals surface area contributed by atoms with Crippen molar-refractivity contribution in [3.8, 4) is 0 Å². The summed E-state index contributed by atoms with van der Waals surface area (Å²) >= 11 is 0. The molecule has 0 N–H and O–H groups in total. The van der Waals surface area contributed by atoms with Crippen LogP contribution in [0.2, 0.25) is 0 Å². The van der Waals surface area contributed by atoms with Crippen molar-refractivity contribution in [1.82, 2.24) is 13.9 Å². The number of sulfonamides is 1. The Morgan fingerprint density at radius 3 is 2.61 bits per heavy atom. The zero-order valence-corrected chi connectivity index (χ0v) is 13.4. The first-order valence-electron chi connectivity index (χ1n) is 6.84. The fourth-order valence-electron chi connectivity index (χ4n) is 2.28. The highest BCUT2D eigenvalue weighted by atomic mass is 32.2. The summed E-state index contributed by atoms with van der Waals surface area (Å²) in [5, 5.41) is 0. The van der Waals surface area contributed by atoms with E-state index in [1.54, 1.807) is 37.6 Å². The maximum atomic E-state index is 12.7. The number of fused-ring (bicyclic) bond motifs is 1. The SMILES string of the molecule is CN(Cc1ccncc1)S(=O)(=O)c1ccc2c(c1)oc(=O)n2C. The molecule has 0 atom stereocenters. The van der Waals surface area contributed by atoms with Gasteiger partial charge in [0, 0.05) is 39.1 Å². The van der Waals surface area contributed by atoms with E-state index in [9.17, 15) is 13.2 Å². The molecule has 8 heteroatoms. The molecular weight excluding hydrogens is 318 g/mol. The summed E-state index contributed by atoms with van der Waals surface area (Å²) in [5.74, 6) is -0.528. The van der Waals surface area contributed by atoms with Crippen molar-refractivity contribution in [2.75, 3.05) is 7.05 Å². The number of pyridine rings is 1. The molecule has 120 valence electrons. The van der Waals surface area contributed by atoms with E-state index in [-0.39, 0.29) is 17.0 Å². The highest BCUT2D eigenvalue weighted by molar-refractivity contribution is 7.89. The van der Waals surface area contributed by atoms with Crippen LogP contribution in [-0.4, -0.2) is 29.3 Å². The van der Waals surface area contributed by atoms with Crippen LogP contribution in [0.5, 0.6) is 0 Å². The van der Waals surface area contributed by atoms with E-state index >= 15 is 0 Å². The third-order valence-electron chi connectivity index (χ3n) is 3.63. The number of aryl methyl sites for hydroxylation is 1. The number of oxazole rings is 1. The van der Waals surface area contributed by atoms with Crippen LogP contribution in [0.25, 0.3) is 11.1 Å². The topological polar surface area (TPSA) is 85.4 Å². The van der Waals surface area contributed by atoms with Gasteiger partial charge in [0.05, 0.1) is 10.4 Å². The van der Waals surface area contributed by atoms with E-state index < -0.39 is 15.8 Å². The summed E-state index contributed by atoms with van der Waals surface area (Å²) in [5.41, 5.74) is 1.63. The number of hydrogen-bond donors (Lipinski definition) is 0. The number of nitrogens with zero attached hydrogens (tertiary/aromatic N) is 3.